The quantitative estimate of drug-likeness (QED) is 0.472. The number of carbonyl (C=O) groups excluding carboxylic acids is 2. The lowest BCUT2D eigenvalue weighted by Crippen LogP contribution is -2.27. The summed E-state index contributed by atoms with van der Waals surface area (Å²) in [5.41, 5.74) is 3.06. The summed E-state index contributed by atoms with van der Waals surface area (Å²) in [5.74, 6) is -0.240. The zero-order chi connectivity index (χ0) is 18.8. The Labute approximate surface area is 170 Å². The number of halogens is 1. The fourth-order valence-corrected chi connectivity index (χ4v) is 4.63. The molecular formula is C21H14ClNO2S2. The molecule has 6 heteroatoms. The number of benzene rings is 2. The fourth-order valence-electron chi connectivity index (χ4n) is 2.75. The van der Waals surface area contributed by atoms with Crippen LogP contribution in [0.15, 0.2) is 70.9 Å². The smallest absolute Gasteiger partial charge is 0.268 e. The summed E-state index contributed by atoms with van der Waals surface area (Å²) >= 11 is 8.47. The van der Waals surface area contributed by atoms with Gasteiger partial charge in [-0.05, 0) is 58.1 Å². The molecule has 2 heterocycles. The molecule has 0 N–H and O–H groups in total. The average molecular weight is 412 g/mol. The summed E-state index contributed by atoms with van der Waals surface area (Å²) in [5, 5.41) is 2.49. The number of thiophene rings is 1. The number of rotatable bonds is 4. The maximum absolute atomic E-state index is 12.6. The molecule has 3 aromatic rings. The SMILES string of the molecule is O=C1SC(=Cc2cc(-c3ccc(Cl)cc3)cs2)C(=O)N1Cc1ccccc1. The Hall–Kier alpha value is -2.34. The largest absolute Gasteiger partial charge is 0.293 e. The van der Waals surface area contributed by atoms with Gasteiger partial charge in [-0.2, -0.15) is 0 Å². The van der Waals surface area contributed by atoms with Gasteiger partial charge in [-0.3, -0.25) is 14.5 Å². The molecule has 134 valence electrons. The fraction of sp³-hybridized carbons (Fsp3) is 0.0476. The highest BCUT2D eigenvalue weighted by atomic mass is 35.5. The van der Waals surface area contributed by atoms with Crippen LogP contribution in [-0.2, 0) is 11.3 Å². The van der Waals surface area contributed by atoms with E-state index in [1.807, 2.05) is 66.0 Å². The summed E-state index contributed by atoms with van der Waals surface area (Å²) < 4.78 is 0. The van der Waals surface area contributed by atoms with Crippen LogP contribution in [0.1, 0.15) is 10.4 Å². The van der Waals surface area contributed by atoms with Crippen LogP contribution >= 0.6 is 34.7 Å². The zero-order valence-electron chi connectivity index (χ0n) is 14.1. The van der Waals surface area contributed by atoms with E-state index in [2.05, 4.69) is 0 Å². The predicted octanol–water partition coefficient (Wildman–Crippen LogP) is 6.31. The number of hydrogen-bond donors (Lipinski definition) is 0. The molecule has 4 rings (SSSR count). The van der Waals surface area contributed by atoms with E-state index in [1.165, 1.54) is 16.2 Å². The van der Waals surface area contributed by atoms with Gasteiger partial charge >= 0.3 is 0 Å². The molecule has 1 aliphatic rings. The third-order valence-corrected chi connectivity index (χ3v) is 6.17. The van der Waals surface area contributed by atoms with Crippen molar-refractivity contribution in [2.45, 2.75) is 6.54 Å². The van der Waals surface area contributed by atoms with Crippen molar-refractivity contribution >= 4 is 51.9 Å². The van der Waals surface area contributed by atoms with Gasteiger partial charge in [0.25, 0.3) is 11.1 Å². The summed E-state index contributed by atoms with van der Waals surface area (Å²) in [6.07, 6.45) is 1.79. The van der Waals surface area contributed by atoms with E-state index in [0.717, 1.165) is 33.3 Å². The number of thioether (sulfide) groups is 1. The van der Waals surface area contributed by atoms with Gasteiger partial charge in [-0.1, -0.05) is 54.1 Å². The van der Waals surface area contributed by atoms with Crippen LogP contribution in [0.5, 0.6) is 0 Å². The van der Waals surface area contributed by atoms with Gasteiger partial charge in [0.2, 0.25) is 0 Å². The standard InChI is InChI=1S/C21H14ClNO2S2/c22-17-8-6-15(7-9-17)16-10-18(26-13-16)11-19-20(24)23(21(25)27-19)12-14-4-2-1-3-5-14/h1-11,13H,12H2. The van der Waals surface area contributed by atoms with E-state index >= 15 is 0 Å². The Morgan fingerprint density at radius 3 is 2.44 bits per heavy atom. The zero-order valence-corrected chi connectivity index (χ0v) is 16.5. The molecule has 3 nitrogen and oxygen atoms in total. The van der Waals surface area contributed by atoms with Gasteiger partial charge in [-0.25, -0.2) is 0 Å². The topological polar surface area (TPSA) is 37.4 Å². The molecular weight excluding hydrogens is 398 g/mol. The normalized spacial score (nSPS) is 15.7. The summed E-state index contributed by atoms with van der Waals surface area (Å²) in [4.78, 5) is 27.6. The van der Waals surface area contributed by atoms with Crippen molar-refractivity contribution in [3.8, 4) is 11.1 Å². The van der Waals surface area contributed by atoms with Crippen LogP contribution in [0.4, 0.5) is 4.79 Å². The molecule has 0 atom stereocenters. The van der Waals surface area contributed by atoms with Crippen molar-refractivity contribution in [2.75, 3.05) is 0 Å². The number of nitrogens with zero attached hydrogens (tertiary/aromatic N) is 1. The minimum Gasteiger partial charge on any atom is -0.268 e. The van der Waals surface area contributed by atoms with Crippen molar-refractivity contribution in [1.29, 1.82) is 0 Å². The maximum atomic E-state index is 12.6. The Balaban J connectivity index is 1.53. The first kappa shape index (κ1) is 18.0. The lowest BCUT2D eigenvalue weighted by molar-refractivity contribution is -0.123. The number of carbonyl (C=O) groups is 2. The van der Waals surface area contributed by atoms with Crippen molar-refractivity contribution in [3.05, 3.63) is 86.4 Å². The monoisotopic (exact) mass is 411 g/mol. The van der Waals surface area contributed by atoms with E-state index in [-0.39, 0.29) is 11.1 Å². The molecule has 2 aromatic carbocycles. The Bertz CT molecular complexity index is 1030. The number of amides is 2. The van der Waals surface area contributed by atoms with Crippen LogP contribution < -0.4 is 0 Å². The minimum absolute atomic E-state index is 0.232. The second-order valence-electron chi connectivity index (χ2n) is 6.00. The van der Waals surface area contributed by atoms with Gasteiger partial charge in [-0.15, -0.1) is 11.3 Å². The molecule has 1 saturated heterocycles. The maximum Gasteiger partial charge on any atom is 0.293 e. The molecule has 1 fully saturated rings. The van der Waals surface area contributed by atoms with Crippen LogP contribution in [0.2, 0.25) is 5.02 Å². The molecule has 0 spiro atoms. The lowest BCUT2D eigenvalue weighted by Gasteiger charge is -2.11. The molecule has 2 amide bonds. The predicted molar refractivity (Wildman–Crippen MR) is 113 cm³/mol. The Morgan fingerprint density at radius 2 is 1.70 bits per heavy atom. The molecule has 1 aromatic heterocycles. The van der Waals surface area contributed by atoms with Crippen LogP contribution in [0.3, 0.4) is 0 Å². The highest BCUT2D eigenvalue weighted by molar-refractivity contribution is 8.18. The van der Waals surface area contributed by atoms with Crippen molar-refractivity contribution in [1.82, 2.24) is 4.90 Å². The highest BCUT2D eigenvalue weighted by Crippen LogP contribution is 2.35. The van der Waals surface area contributed by atoms with Crippen molar-refractivity contribution in [3.63, 3.8) is 0 Å². The van der Waals surface area contributed by atoms with E-state index in [9.17, 15) is 9.59 Å². The van der Waals surface area contributed by atoms with E-state index in [1.54, 1.807) is 6.08 Å². The highest BCUT2D eigenvalue weighted by Gasteiger charge is 2.35. The number of imide groups is 1. The van der Waals surface area contributed by atoms with E-state index < -0.39 is 0 Å². The number of hydrogen-bond acceptors (Lipinski definition) is 4. The van der Waals surface area contributed by atoms with Gasteiger partial charge in [0.1, 0.15) is 0 Å². The van der Waals surface area contributed by atoms with Gasteiger partial charge in [0.15, 0.2) is 0 Å². The summed E-state index contributed by atoms with van der Waals surface area (Å²) in [7, 11) is 0. The molecule has 0 saturated carbocycles. The minimum atomic E-state index is -0.240. The summed E-state index contributed by atoms with van der Waals surface area (Å²) in [6.45, 7) is 0.295. The Morgan fingerprint density at radius 1 is 0.963 bits per heavy atom. The first-order valence-electron chi connectivity index (χ1n) is 8.24. The van der Waals surface area contributed by atoms with Crippen molar-refractivity contribution < 1.29 is 9.59 Å². The van der Waals surface area contributed by atoms with E-state index in [0.29, 0.717) is 16.5 Å². The molecule has 27 heavy (non-hydrogen) atoms. The lowest BCUT2D eigenvalue weighted by atomic mass is 10.1. The first-order chi connectivity index (χ1) is 13.1. The van der Waals surface area contributed by atoms with Crippen LogP contribution in [0, 0.1) is 0 Å². The molecule has 0 aliphatic carbocycles. The van der Waals surface area contributed by atoms with Gasteiger partial charge in [0, 0.05) is 9.90 Å². The molecule has 0 bridgehead atoms. The molecule has 0 radical (unpaired) electrons. The van der Waals surface area contributed by atoms with E-state index in [4.69, 9.17) is 11.6 Å². The second-order valence-corrected chi connectivity index (χ2v) is 8.37. The van der Waals surface area contributed by atoms with Crippen molar-refractivity contribution in [2.24, 2.45) is 0 Å². The molecule has 1 aliphatic heterocycles. The average Bonchev–Trinajstić information content (AvgIpc) is 3.24. The first-order valence-corrected chi connectivity index (χ1v) is 10.3. The molecule has 0 unspecified atom stereocenters. The third kappa shape index (κ3) is 4.00. The third-order valence-electron chi connectivity index (χ3n) is 4.13. The van der Waals surface area contributed by atoms with Crippen LogP contribution in [0.25, 0.3) is 17.2 Å². The van der Waals surface area contributed by atoms with Gasteiger partial charge in [0.05, 0.1) is 11.4 Å². The second kappa shape index (κ2) is 7.72. The van der Waals surface area contributed by atoms with Gasteiger partial charge < -0.3 is 0 Å². The Kier molecular flexibility index (Phi) is 5.16. The summed E-state index contributed by atoms with van der Waals surface area (Å²) in [6, 6.07) is 19.2. The van der Waals surface area contributed by atoms with Crippen LogP contribution in [-0.4, -0.2) is 16.0 Å².